The van der Waals surface area contributed by atoms with Crippen LogP contribution in [0.3, 0.4) is 0 Å². The molecule has 3 rings (SSSR count). The maximum absolute atomic E-state index is 12.3. The molecule has 6 nitrogen and oxygen atoms in total. The van der Waals surface area contributed by atoms with Crippen LogP contribution in [0, 0.1) is 17.8 Å². The Bertz CT molecular complexity index is 550. The van der Waals surface area contributed by atoms with Gasteiger partial charge in [0.1, 0.15) is 6.33 Å². The second-order valence-electron chi connectivity index (χ2n) is 7.14. The number of hydrogen-bond acceptors (Lipinski definition) is 5. The molecule has 4 unspecified atom stereocenters. The number of ether oxygens (including phenoxy) is 1. The average Bonchev–Trinajstić information content (AvgIpc) is 3.30. The molecule has 4 atom stereocenters. The molecule has 24 heavy (non-hydrogen) atoms. The molecule has 0 spiro atoms. The fourth-order valence-corrected chi connectivity index (χ4v) is 5.08. The molecule has 7 heteroatoms. The Morgan fingerprint density at radius 3 is 3.08 bits per heavy atom. The first-order chi connectivity index (χ1) is 11.7. The van der Waals surface area contributed by atoms with Gasteiger partial charge in [-0.2, -0.15) is 0 Å². The van der Waals surface area contributed by atoms with Gasteiger partial charge in [0.25, 0.3) is 0 Å². The molecule has 2 saturated carbocycles. The smallest absolute Gasteiger partial charge is 0.230 e. The van der Waals surface area contributed by atoms with Crippen LogP contribution in [-0.4, -0.2) is 46.2 Å². The van der Waals surface area contributed by atoms with Gasteiger partial charge in [-0.25, -0.2) is 0 Å². The Kier molecular flexibility index (Phi) is 6.16. The average molecular weight is 353 g/mol. The van der Waals surface area contributed by atoms with Gasteiger partial charge in [0.2, 0.25) is 5.91 Å². The first kappa shape index (κ1) is 17.7. The second-order valence-corrected chi connectivity index (χ2v) is 8.08. The monoisotopic (exact) mass is 352 g/mol. The molecule has 134 valence electrons. The Labute approximate surface area is 148 Å². The van der Waals surface area contributed by atoms with Crippen molar-refractivity contribution >= 4 is 17.7 Å². The lowest BCUT2D eigenvalue weighted by Gasteiger charge is -2.28. The van der Waals surface area contributed by atoms with Gasteiger partial charge in [-0.1, -0.05) is 18.2 Å². The Hall–Kier alpha value is -1.08. The summed E-state index contributed by atoms with van der Waals surface area (Å²) in [6.45, 7) is 3.69. The maximum Gasteiger partial charge on any atom is 0.230 e. The number of rotatable bonds is 9. The van der Waals surface area contributed by atoms with Crippen LogP contribution in [0.1, 0.15) is 39.0 Å². The van der Waals surface area contributed by atoms with Crippen molar-refractivity contribution in [2.45, 2.75) is 56.8 Å². The summed E-state index contributed by atoms with van der Waals surface area (Å²) >= 11 is 1.46. The minimum absolute atomic E-state index is 0.0988. The summed E-state index contributed by atoms with van der Waals surface area (Å²) in [4.78, 5) is 12.3. The molecular weight excluding hydrogens is 324 g/mol. The molecule has 2 aliphatic rings. The van der Waals surface area contributed by atoms with E-state index in [9.17, 15) is 4.79 Å². The third kappa shape index (κ3) is 4.30. The van der Waals surface area contributed by atoms with Crippen LogP contribution in [0.25, 0.3) is 0 Å². The molecule has 2 aliphatic carbocycles. The van der Waals surface area contributed by atoms with Gasteiger partial charge in [-0.05, 0) is 50.4 Å². The molecule has 2 bridgehead atoms. The number of hydrogen-bond donors (Lipinski definition) is 1. The number of aromatic nitrogens is 3. The highest BCUT2D eigenvalue weighted by Crippen LogP contribution is 2.49. The van der Waals surface area contributed by atoms with E-state index < -0.39 is 0 Å². The van der Waals surface area contributed by atoms with Crippen LogP contribution >= 0.6 is 11.8 Å². The molecule has 2 fully saturated rings. The Morgan fingerprint density at radius 2 is 2.38 bits per heavy atom. The van der Waals surface area contributed by atoms with E-state index in [1.807, 2.05) is 4.57 Å². The number of nitrogens with zero attached hydrogens (tertiary/aromatic N) is 3. The maximum atomic E-state index is 12.3. The topological polar surface area (TPSA) is 69.0 Å². The van der Waals surface area contributed by atoms with Gasteiger partial charge in [0.15, 0.2) is 5.16 Å². The van der Waals surface area contributed by atoms with Crippen LogP contribution < -0.4 is 5.32 Å². The lowest BCUT2D eigenvalue weighted by molar-refractivity contribution is -0.119. The van der Waals surface area contributed by atoms with Crippen molar-refractivity contribution in [2.75, 3.05) is 19.5 Å². The van der Waals surface area contributed by atoms with Gasteiger partial charge in [-0.15, -0.1) is 10.2 Å². The lowest BCUT2D eigenvalue weighted by atomic mass is 9.84. The highest BCUT2D eigenvalue weighted by molar-refractivity contribution is 7.99. The summed E-state index contributed by atoms with van der Waals surface area (Å²) in [5.41, 5.74) is 0. The lowest BCUT2D eigenvalue weighted by Crippen LogP contribution is -2.40. The van der Waals surface area contributed by atoms with Crippen molar-refractivity contribution in [1.82, 2.24) is 20.1 Å². The van der Waals surface area contributed by atoms with Crippen molar-refractivity contribution in [3.63, 3.8) is 0 Å². The Morgan fingerprint density at radius 1 is 1.50 bits per heavy atom. The standard InChI is InChI=1S/C17H28N4O2S/c1-12(15-9-13-4-5-14(15)8-13)19-16(22)10-24-17-20-18-11-21(17)6-3-7-23-2/h11-15H,3-10H2,1-2H3,(H,19,22). The van der Waals surface area contributed by atoms with Gasteiger partial charge in [0, 0.05) is 26.3 Å². The van der Waals surface area contributed by atoms with Crippen molar-refractivity contribution in [3.05, 3.63) is 6.33 Å². The van der Waals surface area contributed by atoms with Crippen LogP contribution in [0.2, 0.25) is 0 Å². The van der Waals surface area contributed by atoms with E-state index >= 15 is 0 Å². The van der Waals surface area contributed by atoms with E-state index in [0.717, 1.165) is 30.0 Å². The molecule has 1 N–H and O–H groups in total. The summed E-state index contributed by atoms with van der Waals surface area (Å²) in [5, 5.41) is 12.1. The van der Waals surface area contributed by atoms with Gasteiger partial charge in [-0.3, -0.25) is 4.79 Å². The van der Waals surface area contributed by atoms with Gasteiger partial charge < -0.3 is 14.6 Å². The largest absolute Gasteiger partial charge is 0.385 e. The summed E-state index contributed by atoms with van der Waals surface area (Å²) in [6.07, 6.45) is 8.06. The third-order valence-corrected chi connectivity index (χ3v) is 6.46. The number of methoxy groups -OCH3 is 1. The quantitative estimate of drug-likeness (QED) is 0.546. The molecular formula is C17H28N4O2S. The zero-order valence-corrected chi connectivity index (χ0v) is 15.4. The zero-order valence-electron chi connectivity index (χ0n) is 14.6. The van der Waals surface area contributed by atoms with E-state index in [4.69, 9.17) is 4.74 Å². The number of carbonyl (C=O) groups excluding carboxylic acids is 1. The van der Waals surface area contributed by atoms with E-state index in [1.165, 1.54) is 37.4 Å². The molecule has 0 aliphatic heterocycles. The number of carbonyl (C=O) groups is 1. The molecule has 1 amide bonds. The number of amides is 1. The molecule has 1 heterocycles. The number of fused-ring (bicyclic) bond motifs is 2. The van der Waals surface area contributed by atoms with Crippen molar-refractivity contribution in [1.29, 1.82) is 0 Å². The predicted molar refractivity (Wildman–Crippen MR) is 93.8 cm³/mol. The molecule has 0 saturated heterocycles. The summed E-state index contributed by atoms with van der Waals surface area (Å²) in [7, 11) is 1.70. The van der Waals surface area contributed by atoms with E-state index in [2.05, 4.69) is 22.4 Å². The van der Waals surface area contributed by atoms with Crippen molar-refractivity contribution in [3.8, 4) is 0 Å². The predicted octanol–water partition coefficient (Wildman–Crippen LogP) is 2.35. The SMILES string of the molecule is COCCCn1cnnc1SCC(=O)NC(C)C1CC2CCC1C2. The number of aryl methyl sites for hydroxylation is 1. The molecule has 0 radical (unpaired) electrons. The molecule has 1 aromatic rings. The first-order valence-corrected chi connectivity index (χ1v) is 9.95. The fourth-order valence-electron chi connectivity index (χ4n) is 4.33. The van der Waals surface area contributed by atoms with Crippen molar-refractivity contribution in [2.24, 2.45) is 17.8 Å². The second kappa shape index (κ2) is 8.34. The number of nitrogens with one attached hydrogen (secondary N) is 1. The zero-order chi connectivity index (χ0) is 16.9. The Balaban J connectivity index is 1.42. The summed E-state index contributed by atoms with van der Waals surface area (Å²) in [5.74, 6) is 2.92. The third-order valence-electron chi connectivity index (χ3n) is 5.48. The van der Waals surface area contributed by atoms with Crippen LogP contribution in [0.15, 0.2) is 11.5 Å². The minimum Gasteiger partial charge on any atom is -0.385 e. The van der Waals surface area contributed by atoms with Crippen LogP contribution in [-0.2, 0) is 16.1 Å². The van der Waals surface area contributed by atoms with E-state index in [-0.39, 0.29) is 11.9 Å². The normalized spacial score (nSPS) is 26.7. The first-order valence-electron chi connectivity index (χ1n) is 8.96. The molecule has 1 aromatic heterocycles. The van der Waals surface area contributed by atoms with E-state index in [0.29, 0.717) is 18.3 Å². The fraction of sp³-hybridized carbons (Fsp3) is 0.824. The van der Waals surface area contributed by atoms with Crippen molar-refractivity contribution < 1.29 is 9.53 Å². The minimum atomic E-state index is 0.0988. The summed E-state index contributed by atoms with van der Waals surface area (Å²) < 4.78 is 7.05. The van der Waals surface area contributed by atoms with E-state index in [1.54, 1.807) is 13.4 Å². The summed E-state index contributed by atoms with van der Waals surface area (Å²) in [6, 6.07) is 0.285. The van der Waals surface area contributed by atoms with Gasteiger partial charge >= 0.3 is 0 Å². The van der Waals surface area contributed by atoms with Crippen LogP contribution in [0.5, 0.6) is 0 Å². The molecule has 0 aromatic carbocycles. The van der Waals surface area contributed by atoms with Crippen LogP contribution in [0.4, 0.5) is 0 Å². The van der Waals surface area contributed by atoms with Gasteiger partial charge in [0.05, 0.1) is 5.75 Å². The highest BCUT2D eigenvalue weighted by atomic mass is 32.2. The number of thioether (sulfide) groups is 1. The highest BCUT2D eigenvalue weighted by Gasteiger charge is 2.42.